The molecule has 1 amide bonds. The van der Waals surface area contributed by atoms with Crippen LogP contribution in [0.3, 0.4) is 0 Å². The second-order valence-corrected chi connectivity index (χ2v) is 4.20. The highest BCUT2D eigenvalue weighted by atomic mass is 19.1. The van der Waals surface area contributed by atoms with E-state index in [0.717, 1.165) is 12.1 Å². The molecule has 0 radical (unpaired) electrons. The topological polar surface area (TPSA) is 56.2 Å². The molecular weight excluding hydrogens is 292 g/mol. The van der Waals surface area contributed by atoms with Crippen molar-refractivity contribution in [3.8, 4) is 17.6 Å². The third-order valence-corrected chi connectivity index (χ3v) is 2.56. The number of aromatic nitrogens is 2. The lowest BCUT2D eigenvalue weighted by molar-refractivity contribution is -0.121. The lowest BCUT2D eigenvalue weighted by atomic mass is 10.3. The first kappa shape index (κ1) is 15.5. The quantitative estimate of drug-likeness (QED) is 0.849. The zero-order valence-electron chi connectivity index (χ0n) is 11.6. The largest absolute Gasteiger partial charge is 0.478 e. The molecular formula is C15H13F2N3O2. The van der Waals surface area contributed by atoms with Crippen LogP contribution in [0.5, 0.6) is 5.75 Å². The van der Waals surface area contributed by atoms with Crippen molar-refractivity contribution >= 4 is 5.91 Å². The zero-order chi connectivity index (χ0) is 15.8. The van der Waals surface area contributed by atoms with Crippen LogP contribution < -0.4 is 10.1 Å². The predicted molar refractivity (Wildman–Crippen MR) is 74.9 cm³/mol. The Morgan fingerprint density at radius 1 is 1.36 bits per heavy atom. The van der Waals surface area contributed by atoms with Crippen molar-refractivity contribution in [2.75, 3.05) is 13.2 Å². The van der Waals surface area contributed by atoms with Gasteiger partial charge in [-0.3, -0.25) is 9.48 Å². The van der Waals surface area contributed by atoms with Gasteiger partial charge in [-0.25, -0.2) is 8.78 Å². The molecule has 0 unspecified atom stereocenters. The molecule has 1 heterocycles. The molecule has 0 saturated heterocycles. The van der Waals surface area contributed by atoms with Gasteiger partial charge in [-0.15, -0.1) is 0 Å². The molecule has 1 aromatic heterocycles. The van der Waals surface area contributed by atoms with Crippen molar-refractivity contribution in [1.82, 2.24) is 15.1 Å². The van der Waals surface area contributed by atoms with Gasteiger partial charge >= 0.3 is 0 Å². The molecule has 0 saturated carbocycles. The second-order valence-electron chi connectivity index (χ2n) is 4.20. The molecule has 0 aliphatic heterocycles. The van der Waals surface area contributed by atoms with Gasteiger partial charge in [0.1, 0.15) is 19.0 Å². The maximum absolute atomic E-state index is 13.2. The lowest BCUT2D eigenvalue weighted by Gasteiger charge is -2.03. The molecule has 0 bridgehead atoms. The Hall–Kier alpha value is -2.88. The minimum absolute atomic E-state index is 0.0580. The highest BCUT2D eigenvalue weighted by Crippen LogP contribution is 2.16. The minimum atomic E-state index is -0.783. The standard InChI is InChI=1S/C15H13F2N3O2/c16-12-4-5-14(13(17)10-12)22-9-2-1-6-18-15(21)11-20-8-3-7-19-20/h3-5,7-8,10H,6,9,11H2,(H,18,21). The number of hydrogen-bond acceptors (Lipinski definition) is 3. The summed E-state index contributed by atoms with van der Waals surface area (Å²) in [6, 6.07) is 4.75. The van der Waals surface area contributed by atoms with E-state index in [-0.39, 0.29) is 31.4 Å². The molecule has 22 heavy (non-hydrogen) atoms. The van der Waals surface area contributed by atoms with E-state index in [1.54, 1.807) is 18.5 Å². The maximum atomic E-state index is 13.2. The number of benzene rings is 1. The fourth-order valence-corrected chi connectivity index (χ4v) is 1.56. The summed E-state index contributed by atoms with van der Waals surface area (Å²) in [6.45, 7) is 0.207. The summed E-state index contributed by atoms with van der Waals surface area (Å²) < 4.78 is 32.4. The van der Waals surface area contributed by atoms with Gasteiger partial charge < -0.3 is 10.1 Å². The van der Waals surface area contributed by atoms with Crippen LogP contribution in [0.4, 0.5) is 8.78 Å². The highest BCUT2D eigenvalue weighted by molar-refractivity contribution is 5.75. The fraction of sp³-hybridized carbons (Fsp3) is 0.200. The summed E-state index contributed by atoms with van der Waals surface area (Å²) in [5.74, 6) is 3.54. The van der Waals surface area contributed by atoms with E-state index in [2.05, 4.69) is 22.3 Å². The first-order chi connectivity index (χ1) is 10.6. The Labute approximate surface area is 125 Å². The molecule has 1 aromatic carbocycles. The van der Waals surface area contributed by atoms with Crippen molar-refractivity contribution in [3.63, 3.8) is 0 Å². The summed E-state index contributed by atoms with van der Waals surface area (Å²) in [4.78, 5) is 11.5. The molecule has 114 valence electrons. The fourth-order valence-electron chi connectivity index (χ4n) is 1.56. The molecule has 0 atom stereocenters. The molecule has 2 aromatic rings. The normalized spacial score (nSPS) is 9.73. The molecule has 7 heteroatoms. The number of rotatable bonds is 5. The van der Waals surface area contributed by atoms with Crippen LogP contribution in [-0.2, 0) is 11.3 Å². The highest BCUT2D eigenvalue weighted by Gasteiger charge is 2.03. The number of nitrogens with zero attached hydrogens (tertiary/aromatic N) is 2. The smallest absolute Gasteiger partial charge is 0.242 e. The van der Waals surface area contributed by atoms with Gasteiger partial charge in [0.25, 0.3) is 0 Å². The average molecular weight is 305 g/mol. The molecule has 0 fully saturated rings. The monoisotopic (exact) mass is 305 g/mol. The third-order valence-electron chi connectivity index (χ3n) is 2.56. The van der Waals surface area contributed by atoms with Crippen LogP contribution in [0.2, 0.25) is 0 Å². The number of amides is 1. The molecule has 1 N–H and O–H groups in total. The molecule has 0 spiro atoms. The van der Waals surface area contributed by atoms with Crippen molar-refractivity contribution in [3.05, 3.63) is 48.3 Å². The summed E-state index contributed by atoms with van der Waals surface area (Å²) in [5.41, 5.74) is 0. The van der Waals surface area contributed by atoms with E-state index < -0.39 is 11.6 Å². The van der Waals surface area contributed by atoms with Gasteiger partial charge in [-0.05, 0) is 18.2 Å². The second kappa shape index (κ2) is 7.78. The Bertz CT molecular complexity index is 691. The van der Waals surface area contributed by atoms with E-state index in [4.69, 9.17) is 4.74 Å². The van der Waals surface area contributed by atoms with Crippen molar-refractivity contribution in [2.24, 2.45) is 0 Å². The number of halogens is 2. The summed E-state index contributed by atoms with van der Waals surface area (Å²) in [5, 5.41) is 6.49. The molecule has 5 nitrogen and oxygen atoms in total. The van der Waals surface area contributed by atoms with Crippen LogP contribution in [0.15, 0.2) is 36.7 Å². The zero-order valence-corrected chi connectivity index (χ0v) is 11.6. The van der Waals surface area contributed by atoms with E-state index in [1.807, 2.05) is 0 Å². The van der Waals surface area contributed by atoms with Crippen molar-refractivity contribution in [2.45, 2.75) is 6.54 Å². The van der Waals surface area contributed by atoms with Crippen LogP contribution in [0.25, 0.3) is 0 Å². The van der Waals surface area contributed by atoms with Crippen LogP contribution in [-0.4, -0.2) is 28.8 Å². The first-order valence-electron chi connectivity index (χ1n) is 6.43. The molecule has 0 aliphatic rings. The van der Waals surface area contributed by atoms with Crippen molar-refractivity contribution in [1.29, 1.82) is 0 Å². The van der Waals surface area contributed by atoms with Gasteiger partial charge in [0.2, 0.25) is 5.91 Å². The van der Waals surface area contributed by atoms with Gasteiger partial charge in [-0.2, -0.15) is 5.10 Å². The van der Waals surface area contributed by atoms with E-state index in [9.17, 15) is 13.6 Å². The third kappa shape index (κ3) is 4.90. The minimum Gasteiger partial charge on any atom is -0.478 e. The Kier molecular flexibility index (Phi) is 5.49. The van der Waals surface area contributed by atoms with Crippen LogP contribution in [0, 0.1) is 23.5 Å². The lowest BCUT2D eigenvalue weighted by Crippen LogP contribution is -2.28. The Morgan fingerprint density at radius 2 is 2.23 bits per heavy atom. The number of hydrogen-bond donors (Lipinski definition) is 1. The maximum Gasteiger partial charge on any atom is 0.242 e. The van der Waals surface area contributed by atoms with Crippen molar-refractivity contribution < 1.29 is 18.3 Å². The number of carbonyl (C=O) groups excluding carboxylic acids is 1. The predicted octanol–water partition coefficient (Wildman–Crippen LogP) is 1.36. The molecule has 0 aliphatic carbocycles. The van der Waals surface area contributed by atoms with Crippen LogP contribution in [0.1, 0.15) is 0 Å². The van der Waals surface area contributed by atoms with Gasteiger partial charge in [0.15, 0.2) is 11.6 Å². The van der Waals surface area contributed by atoms with E-state index in [1.165, 1.54) is 10.7 Å². The average Bonchev–Trinajstić information content (AvgIpc) is 2.97. The molecule has 2 rings (SSSR count). The number of nitrogens with one attached hydrogen (secondary N) is 1. The van der Waals surface area contributed by atoms with Gasteiger partial charge in [-0.1, -0.05) is 11.8 Å². The van der Waals surface area contributed by atoms with E-state index >= 15 is 0 Å². The Morgan fingerprint density at radius 3 is 2.95 bits per heavy atom. The number of carbonyl (C=O) groups is 1. The van der Waals surface area contributed by atoms with Gasteiger partial charge in [0.05, 0.1) is 6.54 Å². The number of ether oxygens (including phenoxy) is 1. The summed E-state index contributed by atoms with van der Waals surface area (Å²) in [7, 11) is 0. The van der Waals surface area contributed by atoms with E-state index in [0.29, 0.717) is 0 Å². The summed E-state index contributed by atoms with van der Waals surface area (Å²) in [6.07, 6.45) is 3.26. The Balaban J connectivity index is 1.67. The SMILES string of the molecule is O=C(Cn1cccn1)NCC#CCOc1ccc(F)cc1F. The summed E-state index contributed by atoms with van der Waals surface area (Å²) >= 11 is 0. The van der Waals surface area contributed by atoms with Gasteiger partial charge in [0, 0.05) is 18.5 Å². The first-order valence-corrected chi connectivity index (χ1v) is 6.43. The van der Waals surface area contributed by atoms with Crippen LogP contribution >= 0.6 is 0 Å².